The number of nitrogens with zero attached hydrogens (tertiary/aromatic N) is 3. The van der Waals surface area contributed by atoms with Crippen LogP contribution in [-0.4, -0.2) is 12.3 Å². The van der Waals surface area contributed by atoms with Crippen LogP contribution in [-0.2, 0) is 21.7 Å². The van der Waals surface area contributed by atoms with Crippen LogP contribution < -0.4 is 31.1 Å². The Morgan fingerprint density at radius 2 is 1.07 bits per heavy atom. The third-order valence-corrected chi connectivity index (χ3v) is 17.9. The third-order valence-electron chi connectivity index (χ3n) is 17.9. The summed E-state index contributed by atoms with van der Waals surface area (Å²) in [6.07, 6.45) is 4.73. The van der Waals surface area contributed by atoms with Crippen molar-refractivity contribution in [2.45, 2.75) is 129 Å². The first-order chi connectivity index (χ1) is 34.8. The molecule has 0 bridgehead atoms. The fraction of sp³-hybridized carbons (Fsp3) is 0.294. The van der Waals surface area contributed by atoms with Gasteiger partial charge in [-0.05, 0) is 147 Å². The minimum absolute atomic E-state index is 0.0104. The number of hydrogen-bond donors (Lipinski definition) is 0. The van der Waals surface area contributed by atoms with Crippen LogP contribution in [0.25, 0.3) is 33.1 Å². The highest BCUT2D eigenvalue weighted by molar-refractivity contribution is 7.01. The second kappa shape index (κ2) is 15.8. The van der Waals surface area contributed by atoms with Crippen molar-refractivity contribution in [3.05, 3.63) is 186 Å². The summed E-state index contributed by atoms with van der Waals surface area (Å²) in [7, 11) is 0. The summed E-state index contributed by atoms with van der Waals surface area (Å²) < 4.78 is 7.27. The Bertz CT molecular complexity index is 3700. The molecule has 4 aliphatic rings. The molecule has 1 aromatic heterocycles. The van der Waals surface area contributed by atoms with Gasteiger partial charge in [0.1, 0.15) is 11.2 Å². The van der Waals surface area contributed by atoms with E-state index in [0.29, 0.717) is 0 Å². The molecule has 364 valence electrons. The minimum Gasteiger partial charge on any atom is -0.457 e. The van der Waals surface area contributed by atoms with E-state index in [1.165, 1.54) is 97.5 Å². The van der Waals surface area contributed by atoms with Gasteiger partial charge >= 0.3 is 0 Å². The average molecular weight is 954 g/mol. The summed E-state index contributed by atoms with van der Waals surface area (Å²) >= 11 is 0. The zero-order chi connectivity index (χ0) is 50.6. The molecule has 2 atom stereocenters. The molecule has 0 radical (unpaired) electrons. The maximum atomic E-state index is 7.27. The van der Waals surface area contributed by atoms with Gasteiger partial charge in [0.05, 0.1) is 11.2 Å². The van der Waals surface area contributed by atoms with Gasteiger partial charge in [-0.15, -0.1) is 0 Å². The molecule has 3 aliphatic heterocycles. The summed E-state index contributed by atoms with van der Waals surface area (Å²) in [5.74, 6) is 0. The Labute approximate surface area is 433 Å². The lowest BCUT2D eigenvalue weighted by Gasteiger charge is -2.51. The van der Waals surface area contributed by atoms with Crippen molar-refractivity contribution in [1.82, 2.24) is 0 Å². The quantitative estimate of drug-likeness (QED) is 0.164. The van der Waals surface area contributed by atoms with Crippen LogP contribution in [0.15, 0.2) is 168 Å². The van der Waals surface area contributed by atoms with Crippen molar-refractivity contribution in [1.29, 1.82) is 0 Å². The Hall–Kier alpha value is -6.98. The van der Waals surface area contributed by atoms with Crippen LogP contribution >= 0.6 is 0 Å². The van der Waals surface area contributed by atoms with E-state index >= 15 is 0 Å². The zero-order valence-corrected chi connectivity index (χ0v) is 44.7. The van der Waals surface area contributed by atoms with Crippen molar-refractivity contribution in [2.24, 2.45) is 0 Å². The summed E-state index contributed by atoms with van der Waals surface area (Å²) in [6.45, 7) is 25.9. The predicted molar refractivity (Wildman–Crippen MR) is 312 cm³/mol. The largest absolute Gasteiger partial charge is 0.457 e. The summed E-state index contributed by atoms with van der Waals surface area (Å²) in [5.41, 5.74) is 22.8. The maximum absolute atomic E-state index is 7.27. The number of furan rings is 1. The number of para-hydroxylation sites is 2. The standard InChI is InChI=1S/C68H68BN3O/c1-64(2,3)44-27-31-47(32-28-44)70-56-35-30-46(66(7,8)9)40-53(56)69-61-58(70)41-48(72-55-25-17-16-24-52(55)67(10)37-19-20-38-68(67,72)11)42-59(61)71(57-36-33-50-49-23-15-18-26-60(49)73-63(50)62(57)69)54-34-29-45(65(4,5)6)39-51(54)43-21-13-12-14-22-43/h12-18,21-36,39-42H,19-20,37-38H2,1-11H3. The smallest absolute Gasteiger partial charge is 0.257 e. The first-order valence-corrected chi connectivity index (χ1v) is 26.9. The number of benzene rings is 8. The molecule has 1 fully saturated rings. The lowest BCUT2D eigenvalue weighted by Crippen LogP contribution is -2.62. The van der Waals surface area contributed by atoms with Crippen LogP contribution in [0.2, 0.25) is 0 Å². The number of rotatable bonds is 4. The highest BCUT2D eigenvalue weighted by Gasteiger charge is 2.58. The summed E-state index contributed by atoms with van der Waals surface area (Å²) in [5, 5.41) is 2.29. The van der Waals surface area contributed by atoms with E-state index in [2.05, 4.69) is 255 Å². The molecule has 0 spiro atoms. The lowest BCUT2D eigenvalue weighted by molar-refractivity contribution is 0.195. The van der Waals surface area contributed by atoms with Crippen LogP contribution in [0.5, 0.6) is 0 Å². The molecule has 1 aliphatic carbocycles. The molecule has 0 amide bonds. The van der Waals surface area contributed by atoms with Gasteiger partial charge in [0.2, 0.25) is 0 Å². The molecule has 4 heterocycles. The molecular formula is C68H68BN3O. The summed E-state index contributed by atoms with van der Waals surface area (Å²) in [6, 6.07) is 63.0. The highest BCUT2D eigenvalue weighted by Crippen LogP contribution is 2.62. The van der Waals surface area contributed by atoms with Crippen molar-refractivity contribution in [2.75, 3.05) is 14.7 Å². The van der Waals surface area contributed by atoms with Gasteiger partial charge in [0, 0.05) is 61.6 Å². The molecule has 0 N–H and O–H groups in total. The monoisotopic (exact) mass is 954 g/mol. The zero-order valence-electron chi connectivity index (χ0n) is 44.7. The second-order valence-electron chi connectivity index (χ2n) is 25.3. The van der Waals surface area contributed by atoms with Crippen LogP contribution in [0.4, 0.5) is 45.5 Å². The minimum atomic E-state index is -0.149. The van der Waals surface area contributed by atoms with Crippen LogP contribution in [0, 0.1) is 0 Å². The number of fused-ring (bicyclic) bond motifs is 11. The van der Waals surface area contributed by atoms with E-state index in [9.17, 15) is 0 Å². The first-order valence-electron chi connectivity index (χ1n) is 26.9. The van der Waals surface area contributed by atoms with E-state index in [4.69, 9.17) is 4.42 Å². The molecule has 9 aromatic rings. The topological polar surface area (TPSA) is 22.9 Å². The highest BCUT2D eigenvalue weighted by atomic mass is 16.3. The molecule has 13 rings (SSSR count). The molecule has 2 unspecified atom stereocenters. The fourth-order valence-electron chi connectivity index (χ4n) is 13.6. The van der Waals surface area contributed by atoms with Crippen LogP contribution in [0.1, 0.15) is 124 Å². The van der Waals surface area contributed by atoms with E-state index < -0.39 is 0 Å². The SMILES string of the molecule is CC(C)(C)c1ccc(N2c3ccc(C(C)(C)C)cc3B3c4c2cc(N2c5ccccc5C5(C)CCCCC25C)cc4N(c2ccc(C(C)(C)C)cc2-c2ccccc2)c2ccc4c(oc5ccccc54)c23)cc1. The fourth-order valence-corrected chi connectivity index (χ4v) is 13.6. The van der Waals surface area contributed by atoms with Gasteiger partial charge in [-0.2, -0.15) is 0 Å². The maximum Gasteiger partial charge on any atom is 0.257 e. The second-order valence-corrected chi connectivity index (χ2v) is 25.3. The molecule has 4 nitrogen and oxygen atoms in total. The van der Waals surface area contributed by atoms with E-state index in [-0.39, 0.29) is 33.9 Å². The molecule has 0 saturated heterocycles. The summed E-state index contributed by atoms with van der Waals surface area (Å²) in [4.78, 5) is 8.03. The van der Waals surface area contributed by atoms with E-state index in [1.807, 2.05) is 0 Å². The van der Waals surface area contributed by atoms with Gasteiger partial charge in [-0.25, -0.2) is 0 Å². The van der Waals surface area contributed by atoms with Crippen LogP contribution in [0.3, 0.4) is 0 Å². The van der Waals surface area contributed by atoms with Crippen molar-refractivity contribution >= 4 is 90.5 Å². The number of hydrogen-bond acceptors (Lipinski definition) is 4. The Kier molecular flexibility index (Phi) is 9.90. The Morgan fingerprint density at radius 1 is 0.466 bits per heavy atom. The van der Waals surface area contributed by atoms with E-state index in [1.54, 1.807) is 0 Å². The average Bonchev–Trinajstić information content (AvgIpc) is 3.87. The van der Waals surface area contributed by atoms with Crippen molar-refractivity contribution in [3.63, 3.8) is 0 Å². The lowest BCUT2D eigenvalue weighted by atomic mass is 9.33. The normalized spacial score (nSPS) is 19.2. The predicted octanol–water partition coefficient (Wildman–Crippen LogP) is 17.0. The van der Waals surface area contributed by atoms with E-state index in [0.717, 1.165) is 45.4 Å². The van der Waals surface area contributed by atoms with Gasteiger partial charge in [-0.1, -0.05) is 179 Å². The molecule has 5 heteroatoms. The van der Waals surface area contributed by atoms with Crippen molar-refractivity contribution < 1.29 is 4.42 Å². The third kappa shape index (κ3) is 6.72. The Balaban J connectivity index is 1.20. The molecular weight excluding hydrogens is 886 g/mol. The molecule has 73 heavy (non-hydrogen) atoms. The Morgan fingerprint density at radius 3 is 1.79 bits per heavy atom. The number of anilines is 8. The van der Waals surface area contributed by atoms with Gasteiger partial charge in [-0.3, -0.25) is 0 Å². The van der Waals surface area contributed by atoms with Gasteiger partial charge < -0.3 is 19.1 Å². The van der Waals surface area contributed by atoms with Crippen molar-refractivity contribution in [3.8, 4) is 11.1 Å². The molecule has 8 aromatic carbocycles. The first kappa shape index (κ1) is 45.9. The van der Waals surface area contributed by atoms with Gasteiger partial charge in [0.15, 0.2) is 0 Å². The van der Waals surface area contributed by atoms with Gasteiger partial charge in [0.25, 0.3) is 6.71 Å². The molecule has 1 saturated carbocycles.